The third-order valence-electron chi connectivity index (χ3n) is 3.10. The molecule has 0 atom stereocenters. The van der Waals surface area contributed by atoms with Gasteiger partial charge in [-0.25, -0.2) is 0 Å². The summed E-state index contributed by atoms with van der Waals surface area (Å²) >= 11 is 2.06. The van der Waals surface area contributed by atoms with Gasteiger partial charge in [0.15, 0.2) is 5.96 Å². The number of thioether (sulfide) groups is 1. The van der Waals surface area contributed by atoms with Crippen LogP contribution in [-0.2, 0) is 0 Å². The number of aliphatic imine (C=N–C) groups is 1. The van der Waals surface area contributed by atoms with Crippen molar-refractivity contribution in [3.05, 3.63) is 0 Å². The topological polar surface area (TPSA) is 27.6 Å². The van der Waals surface area contributed by atoms with Crippen molar-refractivity contribution in [1.82, 2.24) is 10.2 Å². The van der Waals surface area contributed by atoms with Gasteiger partial charge in [-0.2, -0.15) is 11.8 Å². The van der Waals surface area contributed by atoms with E-state index >= 15 is 0 Å². The highest BCUT2D eigenvalue weighted by Crippen LogP contribution is 2.29. The molecule has 0 saturated carbocycles. The summed E-state index contributed by atoms with van der Waals surface area (Å²) in [7, 11) is 1.88. The lowest BCUT2D eigenvalue weighted by molar-refractivity contribution is 0.355. The van der Waals surface area contributed by atoms with Crippen LogP contribution in [0.5, 0.6) is 0 Å². The molecular weight excluding hydrogens is 369 g/mol. The Balaban J connectivity index is 0.00000324. The average molecular weight is 399 g/mol. The number of guanidine groups is 1. The highest BCUT2D eigenvalue weighted by Gasteiger charge is 2.28. The van der Waals surface area contributed by atoms with Gasteiger partial charge >= 0.3 is 0 Å². The van der Waals surface area contributed by atoms with E-state index in [9.17, 15) is 0 Å². The maximum Gasteiger partial charge on any atom is 0.193 e. The molecule has 0 aromatic heterocycles. The molecule has 1 N–H and O–H groups in total. The summed E-state index contributed by atoms with van der Waals surface area (Å²) in [5.74, 6) is 2.25. The van der Waals surface area contributed by atoms with E-state index in [1.54, 1.807) is 0 Å². The average Bonchev–Trinajstić information content (AvgIpc) is 2.21. The highest BCUT2D eigenvalue weighted by atomic mass is 127. The molecule has 1 heterocycles. The Morgan fingerprint density at radius 1 is 1.37 bits per heavy atom. The van der Waals surface area contributed by atoms with Gasteiger partial charge < -0.3 is 10.2 Å². The standard InChI is InChI=1S/C14H29N3S.HI/c1-13(2,3)7-8-16-12(15-6)17-9-10-18-14(4,5)11-17;/h7-11H2,1-6H3,(H,15,16);1H. The van der Waals surface area contributed by atoms with Gasteiger partial charge in [0.2, 0.25) is 0 Å². The minimum Gasteiger partial charge on any atom is -0.356 e. The summed E-state index contributed by atoms with van der Waals surface area (Å²) in [4.78, 5) is 6.81. The Morgan fingerprint density at radius 2 is 2.00 bits per heavy atom. The number of hydrogen-bond donors (Lipinski definition) is 1. The molecule has 1 aliphatic rings. The van der Waals surface area contributed by atoms with Crippen molar-refractivity contribution < 1.29 is 0 Å². The zero-order valence-corrected chi connectivity index (χ0v) is 16.4. The minimum absolute atomic E-state index is 0. The van der Waals surface area contributed by atoms with Crippen LogP contribution in [0.15, 0.2) is 4.99 Å². The van der Waals surface area contributed by atoms with Gasteiger partial charge in [0, 0.05) is 37.2 Å². The molecule has 0 radical (unpaired) electrons. The Hall–Kier alpha value is 0.350. The molecule has 0 bridgehead atoms. The first-order valence-electron chi connectivity index (χ1n) is 6.83. The lowest BCUT2D eigenvalue weighted by Gasteiger charge is -2.39. The van der Waals surface area contributed by atoms with Crippen LogP contribution in [0.25, 0.3) is 0 Å². The van der Waals surface area contributed by atoms with E-state index in [4.69, 9.17) is 0 Å². The van der Waals surface area contributed by atoms with Gasteiger partial charge in [0.1, 0.15) is 0 Å². The number of nitrogens with zero attached hydrogens (tertiary/aromatic N) is 2. The van der Waals surface area contributed by atoms with E-state index in [1.165, 1.54) is 5.75 Å². The van der Waals surface area contributed by atoms with Gasteiger partial charge in [-0.1, -0.05) is 20.8 Å². The third kappa shape index (κ3) is 7.63. The van der Waals surface area contributed by atoms with Crippen molar-refractivity contribution in [1.29, 1.82) is 0 Å². The molecule has 5 heteroatoms. The van der Waals surface area contributed by atoms with Crippen LogP contribution in [0.1, 0.15) is 41.0 Å². The van der Waals surface area contributed by atoms with Crippen molar-refractivity contribution >= 4 is 41.7 Å². The van der Waals surface area contributed by atoms with Crippen LogP contribution >= 0.6 is 35.7 Å². The lowest BCUT2D eigenvalue weighted by Crippen LogP contribution is -2.51. The molecule has 1 rings (SSSR count). The molecule has 0 aromatic carbocycles. The summed E-state index contributed by atoms with van der Waals surface area (Å²) in [5, 5.41) is 3.50. The maximum absolute atomic E-state index is 4.42. The number of rotatable bonds is 2. The SMILES string of the molecule is CN=C(NCCC(C)(C)C)N1CCSC(C)(C)C1.I. The van der Waals surface area contributed by atoms with Crippen LogP contribution < -0.4 is 5.32 Å². The van der Waals surface area contributed by atoms with Crippen LogP contribution in [0.2, 0.25) is 0 Å². The Bertz CT molecular complexity index is 298. The van der Waals surface area contributed by atoms with Crippen LogP contribution in [0.3, 0.4) is 0 Å². The van der Waals surface area contributed by atoms with E-state index in [2.05, 4.69) is 61.6 Å². The summed E-state index contributed by atoms with van der Waals surface area (Å²) in [5.41, 5.74) is 0.378. The highest BCUT2D eigenvalue weighted by molar-refractivity contribution is 14.0. The van der Waals surface area contributed by atoms with Crippen molar-refractivity contribution in [3.63, 3.8) is 0 Å². The fourth-order valence-electron chi connectivity index (χ4n) is 2.08. The van der Waals surface area contributed by atoms with Gasteiger partial charge in [0.25, 0.3) is 0 Å². The van der Waals surface area contributed by atoms with Crippen molar-refractivity contribution in [2.75, 3.05) is 32.4 Å². The number of halogens is 1. The molecular formula is C14H30IN3S. The van der Waals surface area contributed by atoms with E-state index in [0.717, 1.165) is 32.0 Å². The molecule has 0 spiro atoms. The van der Waals surface area contributed by atoms with Crippen LogP contribution in [-0.4, -0.2) is 48.0 Å². The van der Waals surface area contributed by atoms with Gasteiger partial charge in [-0.05, 0) is 25.7 Å². The molecule has 0 aromatic rings. The third-order valence-corrected chi connectivity index (χ3v) is 4.39. The van der Waals surface area contributed by atoms with Crippen LogP contribution in [0.4, 0.5) is 0 Å². The lowest BCUT2D eigenvalue weighted by atomic mass is 9.92. The fraction of sp³-hybridized carbons (Fsp3) is 0.929. The first kappa shape index (κ1) is 19.4. The predicted molar refractivity (Wildman–Crippen MR) is 99.0 cm³/mol. The predicted octanol–water partition coefficient (Wildman–Crippen LogP) is 3.44. The second-order valence-electron chi connectivity index (χ2n) is 6.81. The summed E-state index contributed by atoms with van der Waals surface area (Å²) < 4.78 is 0.333. The molecule has 1 aliphatic heterocycles. The zero-order chi connectivity index (χ0) is 13.8. The van der Waals surface area contributed by atoms with E-state index < -0.39 is 0 Å². The first-order valence-corrected chi connectivity index (χ1v) is 7.82. The monoisotopic (exact) mass is 399 g/mol. The molecule has 114 valence electrons. The molecule has 1 saturated heterocycles. The smallest absolute Gasteiger partial charge is 0.193 e. The Kier molecular flexibility index (Phi) is 8.10. The maximum atomic E-state index is 4.42. The van der Waals surface area contributed by atoms with E-state index in [0.29, 0.717) is 10.2 Å². The van der Waals surface area contributed by atoms with Crippen molar-refractivity contribution in [3.8, 4) is 0 Å². The van der Waals surface area contributed by atoms with Crippen LogP contribution in [0, 0.1) is 5.41 Å². The molecule has 0 amide bonds. The second kappa shape index (κ2) is 7.96. The van der Waals surface area contributed by atoms with Crippen molar-refractivity contribution in [2.45, 2.75) is 45.8 Å². The first-order chi connectivity index (χ1) is 8.23. The quantitative estimate of drug-likeness (QED) is 0.438. The number of hydrogen-bond acceptors (Lipinski definition) is 2. The van der Waals surface area contributed by atoms with Gasteiger partial charge in [0.05, 0.1) is 0 Å². The van der Waals surface area contributed by atoms with Gasteiger partial charge in [-0.15, -0.1) is 24.0 Å². The molecule has 0 aliphatic carbocycles. The number of nitrogens with one attached hydrogen (secondary N) is 1. The molecule has 1 fully saturated rings. The Labute approximate surface area is 140 Å². The minimum atomic E-state index is 0. The van der Waals surface area contributed by atoms with Gasteiger partial charge in [-0.3, -0.25) is 4.99 Å². The summed E-state index contributed by atoms with van der Waals surface area (Å²) in [6.07, 6.45) is 1.16. The summed E-state index contributed by atoms with van der Waals surface area (Å²) in [6.45, 7) is 14.6. The van der Waals surface area contributed by atoms with E-state index in [1.807, 2.05) is 7.05 Å². The summed E-state index contributed by atoms with van der Waals surface area (Å²) in [6, 6.07) is 0. The molecule has 19 heavy (non-hydrogen) atoms. The fourth-order valence-corrected chi connectivity index (χ4v) is 3.19. The zero-order valence-electron chi connectivity index (χ0n) is 13.2. The second-order valence-corrected chi connectivity index (χ2v) is 8.62. The molecule has 3 nitrogen and oxygen atoms in total. The Morgan fingerprint density at radius 3 is 2.47 bits per heavy atom. The molecule has 0 unspecified atom stereocenters. The van der Waals surface area contributed by atoms with E-state index in [-0.39, 0.29) is 24.0 Å². The van der Waals surface area contributed by atoms with Crippen molar-refractivity contribution in [2.24, 2.45) is 10.4 Å². The normalized spacial score (nSPS) is 19.9. The largest absolute Gasteiger partial charge is 0.356 e.